The average molecular weight is 621 g/mol. The quantitative estimate of drug-likeness (QED) is 0.244. The third-order valence-electron chi connectivity index (χ3n) is 6.27. The highest BCUT2D eigenvalue weighted by Crippen LogP contribution is 2.34. The predicted molar refractivity (Wildman–Crippen MR) is 154 cm³/mol. The lowest BCUT2D eigenvalue weighted by molar-refractivity contribution is -0.385. The van der Waals surface area contributed by atoms with Gasteiger partial charge in [-0.05, 0) is 48.9 Å². The second kappa shape index (κ2) is 10.9. The average Bonchev–Trinajstić information content (AvgIpc) is 3.24. The molecule has 1 amide bonds. The fraction of sp³-hybridized carbons (Fsp3) is 0.107. The highest BCUT2D eigenvalue weighted by atomic mass is 79.9. The molecule has 1 aromatic heterocycles. The first-order chi connectivity index (χ1) is 19.2. The predicted octanol–water partition coefficient (Wildman–Crippen LogP) is 4.26. The lowest BCUT2D eigenvalue weighted by Crippen LogP contribution is -2.40. The monoisotopic (exact) mass is 620 g/mol. The van der Waals surface area contributed by atoms with Gasteiger partial charge in [-0.2, -0.15) is 0 Å². The smallest absolute Gasteiger partial charge is 0.312 e. The molecule has 2 heterocycles. The number of fused-ring (bicyclic) bond motifs is 1. The van der Waals surface area contributed by atoms with Crippen LogP contribution in [0.3, 0.4) is 0 Å². The summed E-state index contributed by atoms with van der Waals surface area (Å²) in [5.74, 6) is -0.444. The number of halogens is 1. The van der Waals surface area contributed by atoms with Crippen LogP contribution >= 0.6 is 27.3 Å². The number of nitro groups is 1. The maximum absolute atomic E-state index is 13.9. The van der Waals surface area contributed by atoms with E-state index in [1.165, 1.54) is 29.9 Å². The first-order valence-corrected chi connectivity index (χ1v) is 13.5. The number of carbonyl (C=O) groups excluding carboxylic acids is 1. The summed E-state index contributed by atoms with van der Waals surface area (Å²) in [6.07, 6.45) is 1.38. The van der Waals surface area contributed by atoms with Crippen LogP contribution in [0.2, 0.25) is 0 Å². The van der Waals surface area contributed by atoms with E-state index in [2.05, 4.69) is 26.2 Å². The van der Waals surface area contributed by atoms with Crippen LogP contribution in [0.5, 0.6) is 11.5 Å². The molecular formula is C28H21BrN4O6S. The largest absolute Gasteiger partial charge is 0.502 e. The number of thiazole rings is 1. The van der Waals surface area contributed by atoms with Gasteiger partial charge in [0.2, 0.25) is 5.75 Å². The normalized spacial score (nSPS) is 14.9. The zero-order valence-electron chi connectivity index (χ0n) is 21.1. The molecular weight excluding hydrogens is 600 g/mol. The van der Waals surface area contributed by atoms with Gasteiger partial charge in [-0.1, -0.05) is 57.6 Å². The molecule has 10 nitrogen and oxygen atoms in total. The van der Waals surface area contributed by atoms with Crippen LogP contribution in [0.1, 0.15) is 24.1 Å². The number of aromatic nitrogens is 1. The molecule has 0 bridgehead atoms. The number of hydrogen-bond donors (Lipinski definition) is 2. The minimum absolute atomic E-state index is 0.0852. The van der Waals surface area contributed by atoms with Crippen molar-refractivity contribution >= 4 is 50.6 Å². The second-order valence-corrected chi connectivity index (χ2v) is 10.7. The summed E-state index contributed by atoms with van der Waals surface area (Å²) in [5, 5.41) is 24.8. The summed E-state index contributed by atoms with van der Waals surface area (Å²) in [4.78, 5) is 43.1. The molecule has 0 saturated heterocycles. The Labute approximate surface area is 239 Å². The fourth-order valence-corrected chi connectivity index (χ4v) is 5.96. The Kier molecular flexibility index (Phi) is 7.37. The number of nitrogens with one attached hydrogen (secondary N) is 1. The fourth-order valence-electron chi connectivity index (χ4n) is 4.45. The van der Waals surface area contributed by atoms with Crippen LogP contribution in [0, 0.1) is 10.1 Å². The number of carbonyl (C=O) groups is 1. The molecule has 2 N–H and O–H groups in total. The number of benzene rings is 3. The Morgan fingerprint density at radius 1 is 1.20 bits per heavy atom. The van der Waals surface area contributed by atoms with Crippen LogP contribution in [-0.4, -0.2) is 27.6 Å². The van der Waals surface area contributed by atoms with Gasteiger partial charge in [0.1, 0.15) is 5.75 Å². The highest BCUT2D eigenvalue weighted by molar-refractivity contribution is 9.10. The number of para-hydroxylation sites is 1. The van der Waals surface area contributed by atoms with Crippen molar-refractivity contribution in [2.75, 3.05) is 12.4 Å². The zero-order chi connectivity index (χ0) is 28.6. The summed E-state index contributed by atoms with van der Waals surface area (Å²) < 4.78 is 7.36. The van der Waals surface area contributed by atoms with Crippen molar-refractivity contribution in [2.24, 2.45) is 4.99 Å². The van der Waals surface area contributed by atoms with Crippen LogP contribution < -0.4 is 24.9 Å². The number of nitrogens with zero attached hydrogens (tertiary/aromatic N) is 3. The van der Waals surface area contributed by atoms with Crippen molar-refractivity contribution < 1.29 is 19.6 Å². The molecule has 3 aromatic carbocycles. The third-order valence-corrected chi connectivity index (χ3v) is 7.72. The van der Waals surface area contributed by atoms with Crippen LogP contribution in [0.25, 0.3) is 6.08 Å². The molecule has 0 saturated carbocycles. The van der Waals surface area contributed by atoms with Crippen LogP contribution in [0.15, 0.2) is 92.3 Å². The maximum atomic E-state index is 13.9. The van der Waals surface area contributed by atoms with Crippen LogP contribution in [0.4, 0.5) is 11.4 Å². The summed E-state index contributed by atoms with van der Waals surface area (Å²) in [7, 11) is 1.53. The minimum Gasteiger partial charge on any atom is -0.502 e. The lowest BCUT2D eigenvalue weighted by atomic mass is 9.95. The van der Waals surface area contributed by atoms with E-state index in [1.54, 1.807) is 55.5 Å². The maximum Gasteiger partial charge on any atom is 0.312 e. The molecule has 202 valence electrons. The first-order valence-electron chi connectivity index (χ1n) is 11.9. The number of phenols is 1. The van der Waals surface area contributed by atoms with Gasteiger partial charge in [0.15, 0.2) is 4.80 Å². The number of anilines is 1. The number of amides is 1. The zero-order valence-corrected chi connectivity index (χ0v) is 23.5. The van der Waals surface area contributed by atoms with E-state index in [0.29, 0.717) is 32.0 Å². The summed E-state index contributed by atoms with van der Waals surface area (Å²) in [5.41, 5.74) is 1.02. The van der Waals surface area contributed by atoms with E-state index in [0.717, 1.165) is 11.3 Å². The number of aromatic hydroxyl groups is 1. The van der Waals surface area contributed by atoms with E-state index in [1.807, 2.05) is 6.07 Å². The Balaban J connectivity index is 1.72. The van der Waals surface area contributed by atoms with Gasteiger partial charge in [-0.25, -0.2) is 4.99 Å². The highest BCUT2D eigenvalue weighted by Gasteiger charge is 2.33. The van der Waals surface area contributed by atoms with Gasteiger partial charge in [0, 0.05) is 21.8 Å². The number of nitro benzene ring substituents is 1. The molecule has 40 heavy (non-hydrogen) atoms. The minimum atomic E-state index is -0.845. The Bertz CT molecular complexity index is 1880. The van der Waals surface area contributed by atoms with Gasteiger partial charge in [-0.15, -0.1) is 0 Å². The second-order valence-electron chi connectivity index (χ2n) is 8.80. The topological polar surface area (TPSA) is 136 Å². The summed E-state index contributed by atoms with van der Waals surface area (Å²) in [6.45, 7) is 1.70. The van der Waals surface area contributed by atoms with Gasteiger partial charge < -0.3 is 15.2 Å². The Morgan fingerprint density at radius 2 is 1.95 bits per heavy atom. The van der Waals surface area contributed by atoms with Gasteiger partial charge in [-0.3, -0.25) is 24.3 Å². The summed E-state index contributed by atoms with van der Waals surface area (Å²) in [6, 6.07) is 17.8. The van der Waals surface area contributed by atoms with E-state index < -0.39 is 33.9 Å². The van der Waals surface area contributed by atoms with Crippen molar-refractivity contribution in [2.45, 2.75) is 13.0 Å². The van der Waals surface area contributed by atoms with Gasteiger partial charge in [0.25, 0.3) is 11.5 Å². The van der Waals surface area contributed by atoms with E-state index >= 15 is 0 Å². The van der Waals surface area contributed by atoms with E-state index in [-0.39, 0.29) is 15.7 Å². The third kappa shape index (κ3) is 5.06. The lowest BCUT2D eigenvalue weighted by Gasteiger charge is -2.25. The number of methoxy groups -OCH3 is 1. The van der Waals surface area contributed by atoms with Gasteiger partial charge >= 0.3 is 5.69 Å². The molecule has 1 atom stereocenters. The Hall–Kier alpha value is -4.55. The number of phenolic OH excluding ortho intramolecular Hbond substituents is 1. The summed E-state index contributed by atoms with van der Waals surface area (Å²) >= 11 is 4.27. The van der Waals surface area contributed by atoms with Crippen LogP contribution in [-0.2, 0) is 4.79 Å². The van der Waals surface area contributed by atoms with Crippen molar-refractivity contribution in [3.8, 4) is 11.5 Å². The molecule has 0 spiro atoms. The van der Waals surface area contributed by atoms with Crippen molar-refractivity contribution in [1.29, 1.82) is 0 Å². The molecule has 12 heteroatoms. The van der Waals surface area contributed by atoms with Crippen molar-refractivity contribution in [1.82, 2.24) is 4.57 Å². The molecule has 5 rings (SSSR count). The van der Waals surface area contributed by atoms with Gasteiger partial charge in [0.05, 0.1) is 33.9 Å². The number of rotatable bonds is 6. The van der Waals surface area contributed by atoms with E-state index in [9.17, 15) is 24.8 Å². The van der Waals surface area contributed by atoms with E-state index in [4.69, 9.17) is 4.74 Å². The first kappa shape index (κ1) is 27.0. The number of ether oxygens (including phenoxy) is 1. The van der Waals surface area contributed by atoms with Crippen molar-refractivity contribution in [3.05, 3.63) is 123 Å². The van der Waals surface area contributed by atoms with Crippen molar-refractivity contribution in [3.63, 3.8) is 0 Å². The molecule has 0 radical (unpaired) electrons. The number of allylic oxidation sites excluding steroid dienone is 1. The SMILES string of the molecule is COc1cccc([C@H]2C(C(=O)Nc3ccccc3)=C(C)N=c3s/c(=C\c4cc(Br)cc([N+](=O)[O-])c4O)c(=O)n32)c1. The molecule has 0 fully saturated rings. The standard InChI is InChI=1S/C28H21BrN4O6S/c1-15-23(26(35)31-19-8-4-3-5-9-19)24(16-7-6-10-20(12-16)39-2)32-27(36)22(40-28(32)30-15)13-17-11-18(29)14-21(25(17)34)33(37)38/h3-14,24,34H,1-2H3,(H,31,35)/b22-13-/t24-/m0/s1. The molecule has 1 aliphatic rings. The molecule has 0 aliphatic carbocycles. The number of hydrogen-bond acceptors (Lipinski definition) is 8. The molecule has 0 unspecified atom stereocenters. The molecule has 1 aliphatic heterocycles. The Morgan fingerprint density at radius 3 is 2.65 bits per heavy atom. The molecule has 4 aromatic rings.